The van der Waals surface area contributed by atoms with E-state index < -0.39 is 16.7 Å². The van der Waals surface area contributed by atoms with Gasteiger partial charge >= 0.3 is 5.97 Å². The van der Waals surface area contributed by atoms with Gasteiger partial charge in [-0.3, -0.25) is 14.9 Å². The molecule has 1 saturated heterocycles. The first kappa shape index (κ1) is 19.0. The average Bonchev–Trinajstić information content (AvgIpc) is 3.13. The fourth-order valence-corrected chi connectivity index (χ4v) is 3.98. The van der Waals surface area contributed by atoms with Gasteiger partial charge in [0.15, 0.2) is 5.13 Å². The Morgan fingerprint density at radius 1 is 1.22 bits per heavy atom. The Morgan fingerprint density at radius 3 is 2.48 bits per heavy atom. The van der Waals surface area contributed by atoms with Gasteiger partial charge in [-0.05, 0) is 38.3 Å². The molecule has 8 nitrogen and oxygen atoms in total. The molecule has 0 radical (unpaired) electrons. The molecule has 0 aliphatic carbocycles. The van der Waals surface area contributed by atoms with Crippen LogP contribution in [0.5, 0.6) is 0 Å². The molecule has 2 aromatic rings. The smallest absolute Gasteiger partial charge is 0.380 e. The quantitative estimate of drug-likeness (QED) is 0.245. The monoisotopic (exact) mass is 389 g/mol. The van der Waals surface area contributed by atoms with Crippen LogP contribution in [-0.2, 0) is 9.53 Å². The lowest BCUT2D eigenvalue weighted by Crippen LogP contribution is -2.29. The van der Waals surface area contributed by atoms with Gasteiger partial charge in [0.05, 0.1) is 17.2 Å². The third kappa shape index (κ3) is 4.13. The minimum absolute atomic E-state index is 0.0523. The maximum Gasteiger partial charge on any atom is 0.380 e. The van der Waals surface area contributed by atoms with E-state index in [0.29, 0.717) is 16.4 Å². The van der Waals surface area contributed by atoms with Crippen molar-refractivity contribution in [3.8, 4) is 11.3 Å². The molecule has 1 aromatic carbocycles. The van der Waals surface area contributed by atoms with Crippen LogP contribution in [0.2, 0.25) is 0 Å². The first-order valence-corrected chi connectivity index (χ1v) is 9.55. The first-order chi connectivity index (χ1) is 13.0. The van der Waals surface area contributed by atoms with Crippen molar-refractivity contribution in [2.75, 3.05) is 24.6 Å². The summed E-state index contributed by atoms with van der Waals surface area (Å²) in [6, 6.07) is 5.78. The van der Waals surface area contributed by atoms with E-state index in [9.17, 15) is 19.7 Å². The molecule has 142 valence electrons. The predicted octanol–water partition coefficient (Wildman–Crippen LogP) is 3.45. The van der Waals surface area contributed by atoms with Gasteiger partial charge in [-0.25, -0.2) is 9.78 Å². The third-order valence-electron chi connectivity index (χ3n) is 4.26. The van der Waals surface area contributed by atoms with Gasteiger partial charge in [-0.15, -0.1) is 0 Å². The summed E-state index contributed by atoms with van der Waals surface area (Å²) in [6.45, 7) is 3.43. The van der Waals surface area contributed by atoms with Crippen molar-refractivity contribution in [3.05, 3.63) is 39.3 Å². The number of rotatable bonds is 6. The van der Waals surface area contributed by atoms with Crippen molar-refractivity contribution >= 4 is 33.9 Å². The molecule has 0 atom stereocenters. The number of nitrogens with zero attached hydrogens (tertiary/aromatic N) is 3. The second kappa shape index (κ2) is 8.26. The topological polar surface area (TPSA) is 103 Å². The van der Waals surface area contributed by atoms with Crippen molar-refractivity contribution in [2.24, 2.45) is 0 Å². The lowest BCUT2D eigenvalue weighted by atomic mass is 10.1. The highest BCUT2D eigenvalue weighted by molar-refractivity contribution is 7.18. The SMILES string of the molecule is CCOC(=O)C(=O)c1sc(N2CCCCC2)nc1-c1ccc([N+](=O)[O-])cc1. The maximum absolute atomic E-state index is 12.6. The molecule has 1 fully saturated rings. The second-order valence-corrected chi connectivity index (χ2v) is 7.05. The average molecular weight is 389 g/mol. The molecule has 1 aliphatic rings. The third-order valence-corrected chi connectivity index (χ3v) is 5.38. The summed E-state index contributed by atoms with van der Waals surface area (Å²) in [5.74, 6) is -1.67. The molecule has 1 aromatic heterocycles. The number of aromatic nitrogens is 1. The van der Waals surface area contributed by atoms with E-state index >= 15 is 0 Å². The van der Waals surface area contributed by atoms with Crippen molar-refractivity contribution in [1.82, 2.24) is 4.98 Å². The van der Waals surface area contributed by atoms with Gasteiger partial charge in [0.25, 0.3) is 11.5 Å². The molecule has 1 aliphatic heterocycles. The van der Waals surface area contributed by atoms with E-state index in [1.54, 1.807) is 6.92 Å². The maximum atomic E-state index is 12.6. The number of hydrogen-bond donors (Lipinski definition) is 0. The van der Waals surface area contributed by atoms with E-state index in [1.807, 2.05) is 0 Å². The number of benzene rings is 1. The Hall–Kier alpha value is -2.81. The molecule has 0 bridgehead atoms. The summed E-state index contributed by atoms with van der Waals surface area (Å²) in [4.78, 5) is 41.8. The number of anilines is 1. The minimum atomic E-state index is -0.922. The number of carbonyl (C=O) groups excluding carboxylic acids is 2. The zero-order valence-corrected chi connectivity index (χ0v) is 15.7. The number of ether oxygens (including phenoxy) is 1. The number of nitro groups is 1. The Morgan fingerprint density at radius 2 is 1.89 bits per heavy atom. The highest BCUT2D eigenvalue weighted by Crippen LogP contribution is 2.35. The molecule has 27 heavy (non-hydrogen) atoms. The van der Waals surface area contributed by atoms with E-state index in [2.05, 4.69) is 9.88 Å². The molecule has 0 N–H and O–H groups in total. The molecule has 0 spiro atoms. The lowest BCUT2D eigenvalue weighted by molar-refractivity contribution is -0.384. The van der Waals surface area contributed by atoms with Gasteiger partial charge < -0.3 is 9.64 Å². The zero-order valence-electron chi connectivity index (χ0n) is 14.8. The van der Waals surface area contributed by atoms with Gasteiger partial charge in [0.1, 0.15) is 4.88 Å². The number of hydrogen-bond acceptors (Lipinski definition) is 8. The summed E-state index contributed by atoms with van der Waals surface area (Å²) < 4.78 is 4.84. The highest BCUT2D eigenvalue weighted by atomic mass is 32.1. The molecule has 3 rings (SSSR count). The van der Waals surface area contributed by atoms with E-state index in [4.69, 9.17) is 4.74 Å². The fourth-order valence-electron chi connectivity index (χ4n) is 2.91. The standard InChI is InChI=1S/C18H19N3O5S/c1-2-26-17(23)15(22)16-14(12-6-8-13(9-7-12)21(24)25)19-18(27-16)20-10-4-3-5-11-20/h6-9H,2-5,10-11H2,1H3. The normalized spacial score (nSPS) is 14.0. The van der Waals surface area contributed by atoms with Crippen LogP contribution in [0.15, 0.2) is 24.3 Å². The van der Waals surface area contributed by atoms with E-state index in [-0.39, 0.29) is 17.2 Å². The summed E-state index contributed by atoms with van der Waals surface area (Å²) in [7, 11) is 0. The zero-order chi connectivity index (χ0) is 19.4. The number of Topliss-reactive ketones (excluding diaryl/α,β-unsaturated/α-hetero) is 1. The fraction of sp³-hybridized carbons (Fsp3) is 0.389. The molecule has 0 amide bonds. The van der Waals surface area contributed by atoms with E-state index in [1.165, 1.54) is 24.3 Å². The molecular weight excluding hydrogens is 370 g/mol. The molecule has 2 heterocycles. The van der Waals surface area contributed by atoms with Crippen LogP contribution in [0.1, 0.15) is 35.9 Å². The number of non-ortho nitro benzene ring substituents is 1. The Labute approximate surface area is 159 Å². The van der Waals surface area contributed by atoms with E-state index in [0.717, 1.165) is 43.7 Å². The van der Waals surface area contributed by atoms with Crippen LogP contribution < -0.4 is 4.90 Å². The second-order valence-electron chi connectivity index (χ2n) is 6.08. The summed E-state index contributed by atoms with van der Waals surface area (Å²) >= 11 is 1.16. The number of nitro benzene ring substituents is 1. The van der Waals surface area contributed by atoms with Gasteiger partial charge in [0, 0.05) is 30.8 Å². The van der Waals surface area contributed by atoms with Gasteiger partial charge in [-0.2, -0.15) is 0 Å². The largest absolute Gasteiger partial charge is 0.460 e. The summed E-state index contributed by atoms with van der Waals surface area (Å²) in [6.07, 6.45) is 3.26. The van der Waals surface area contributed by atoms with Crippen molar-refractivity contribution < 1.29 is 19.2 Å². The number of carbonyl (C=O) groups is 2. The number of piperidine rings is 1. The van der Waals surface area contributed by atoms with Crippen LogP contribution in [0.25, 0.3) is 11.3 Å². The molecule has 0 unspecified atom stereocenters. The number of esters is 1. The molecule has 9 heteroatoms. The van der Waals surface area contributed by atoms with Crippen molar-refractivity contribution in [2.45, 2.75) is 26.2 Å². The highest BCUT2D eigenvalue weighted by Gasteiger charge is 2.28. The summed E-state index contributed by atoms with van der Waals surface area (Å²) in [5, 5.41) is 11.5. The van der Waals surface area contributed by atoms with Crippen LogP contribution in [-0.4, -0.2) is 41.4 Å². The Balaban J connectivity index is 2.01. The van der Waals surface area contributed by atoms with Gasteiger partial charge in [0.2, 0.25) is 0 Å². The van der Waals surface area contributed by atoms with Crippen molar-refractivity contribution in [3.63, 3.8) is 0 Å². The van der Waals surface area contributed by atoms with Crippen molar-refractivity contribution in [1.29, 1.82) is 0 Å². The van der Waals surface area contributed by atoms with Crippen LogP contribution in [0.3, 0.4) is 0 Å². The van der Waals surface area contributed by atoms with Crippen LogP contribution in [0.4, 0.5) is 10.8 Å². The molecule has 0 saturated carbocycles. The number of thiazole rings is 1. The first-order valence-electron chi connectivity index (χ1n) is 8.73. The lowest BCUT2D eigenvalue weighted by Gasteiger charge is -2.25. The number of ketones is 1. The predicted molar refractivity (Wildman–Crippen MR) is 101 cm³/mol. The molecular formula is C18H19N3O5S. The van der Waals surface area contributed by atoms with Crippen LogP contribution >= 0.6 is 11.3 Å². The summed E-state index contributed by atoms with van der Waals surface area (Å²) in [5.41, 5.74) is 0.852. The Bertz CT molecular complexity index is 856. The van der Waals surface area contributed by atoms with Gasteiger partial charge in [-0.1, -0.05) is 11.3 Å². The Kier molecular flexibility index (Phi) is 5.80. The van der Waals surface area contributed by atoms with Crippen LogP contribution in [0, 0.1) is 10.1 Å². The minimum Gasteiger partial charge on any atom is -0.460 e.